The number of aromatic nitrogens is 2. The molecular weight excluding hydrogens is 290 g/mol. The molecule has 0 amide bonds. The second-order valence-electron chi connectivity index (χ2n) is 5.91. The zero-order chi connectivity index (χ0) is 16.2. The number of hydrogen-bond acceptors (Lipinski definition) is 4. The first kappa shape index (κ1) is 15.7. The van der Waals surface area contributed by atoms with E-state index >= 15 is 0 Å². The number of hydrogen-bond donors (Lipinski definition) is 0. The molecule has 5 nitrogen and oxygen atoms in total. The SMILES string of the molecule is CCOC(=O)CCn1nc(-c2ccccc2)c2c1CCN(C)C2. The highest BCUT2D eigenvalue weighted by molar-refractivity contribution is 5.69. The van der Waals surface area contributed by atoms with Crippen LogP contribution < -0.4 is 0 Å². The smallest absolute Gasteiger partial charge is 0.307 e. The van der Waals surface area contributed by atoms with Crippen LogP contribution in [0.1, 0.15) is 24.6 Å². The van der Waals surface area contributed by atoms with Crippen molar-refractivity contribution in [3.05, 3.63) is 41.6 Å². The predicted octanol–water partition coefficient (Wildman–Crippen LogP) is 2.49. The lowest BCUT2D eigenvalue weighted by molar-refractivity contribution is -0.143. The lowest BCUT2D eigenvalue weighted by Crippen LogP contribution is -2.27. The Labute approximate surface area is 136 Å². The summed E-state index contributed by atoms with van der Waals surface area (Å²) in [6.07, 6.45) is 1.33. The van der Waals surface area contributed by atoms with E-state index < -0.39 is 0 Å². The van der Waals surface area contributed by atoms with E-state index in [4.69, 9.17) is 9.84 Å². The summed E-state index contributed by atoms with van der Waals surface area (Å²) in [7, 11) is 2.13. The number of aryl methyl sites for hydroxylation is 1. The number of carbonyl (C=O) groups is 1. The van der Waals surface area contributed by atoms with Crippen molar-refractivity contribution in [1.29, 1.82) is 0 Å². The number of carbonyl (C=O) groups excluding carboxylic acids is 1. The normalized spacial score (nSPS) is 14.5. The Bertz CT molecular complexity index is 679. The minimum Gasteiger partial charge on any atom is -0.466 e. The van der Waals surface area contributed by atoms with Gasteiger partial charge in [0.1, 0.15) is 0 Å². The molecule has 0 saturated heterocycles. The van der Waals surface area contributed by atoms with Crippen LogP contribution in [0.3, 0.4) is 0 Å². The van der Waals surface area contributed by atoms with Crippen LogP contribution >= 0.6 is 0 Å². The van der Waals surface area contributed by atoms with Crippen molar-refractivity contribution < 1.29 is 9.53 Å². The second-order valence-corrected chi connectivity index (χ2v) is 5.91. The molecule has 2 aromatic rings. The topological polar surface area (TPSA) is 47.4 Å². The molecule has 1 aliphatic heterocycles. The van der Waals surface area contributed by atoms with E-state index in [-0.39, 0.29) is 5.97 Å². The largest absolute Gasteiger partial charge is 0.466 e. The molecule has 5 heteroatoms. The number of ether oxygens (including phenoxy) is 1. The molecule has 3 rings (SSSR count). The number of benzene rings is 1. The Morgan fingerprint density at radius 1 is 1.30 bits per heavy atom. The minimum absolute atomic E-state index is 0.161. The molecule has 23 heavy (non-hydrogen) atoms. The van der Waals surface area contributed by atoms with Gasteiger partial charge in [-0.25, -0.2) is 0 Å². The zero-order valence-corrected chi connectivity index (χ0v) is 13.8. The standard InChI is InChI=1S/C18H23N3O2/c1-3-23-17(22)10-12-21-16-9-11-20(2)13-15(16)18(19-21)14-7-5-4-6-8-14/h4-8H,3,9-13H2,1-2H3. The molecule has 1 aliphatic rings. The monoisotopic (exact) mass is 313 g/mol. The molecule has 0 radical (unpaired) electrons. The highest BCUT2D eigenvalue weighted by atomic mass is 16.5. The van der Waals surface area contributed by atoms with E-state index in [1.165, 1.54) is 11.3 Å². The van der Waals surface area contributed by atoms with Crippen molar-refractivity contribution in [2.75, 3.05) is 20.2 Å². The van der Waals surface area contributed by atoms with Crippen LogP contribution in [-0.4, -0.2) is 40.8 Å². The Morgan fingerprint density at radius 3 is 2.83 bits per heavy atom. The van der Waals surface area contributed by atoms with Crippen molar-refractivity contribution in [1.82, 2.24) is 14.7 Å². The lowest BCUT2D eigenvalue weighted by atomic mass is 10.0. The molecule has 122 valence electrons. The Balaban J connectivity index is 1.90. The number of rotatable bonds is 5. The van der Waals surface area contributed by atoms with Crippen LogP contribution in [0.25, 0.3) is 11.3 Å². The summed E-state index contributed by atoms with van der Waals surface area (Å²) in [5.41, 5.74) is 4.71. The van der Waals surface area contributed by atoms with Crippen molar-refractivity contribution in [2.24, 2.45) is 0 Å². The van der Waals surface area contributed by atoms with E-state index in [0.717, 1.165) is 30.8 Å². The fourth-order valence-corrected chi connectivity index (χ4v) is 3.07. The van der Waals surface area contributed by atoms with Crippen LogP contribution in [0.5, 0.6) is 0 Å². The van der Waals surface area contributed by atoms with Gasteiger partial charge in [0.2, 0.25) is 0 Å². The second kappa shape index (κ2) is 6.96. The van der Waals surface area contributed by atoms with Gasteiger partial charge in [0.05, 0.1) is 25.3 Å². The molecule has 0 N–H and O–H groups in total. The van der Waals surface area contributed by atoms with Crippen LogP contribution in [-0.2, 0) is 29.0 Å². The van der Waals surface area contributed by atoms with E-state index in [2.05, 4.69) is 24.1 Å². The van der Waals surface area contributed by atoms with Crippen molar-refractivity contribution in [2.45, 2.75) is 32.9 Å². The molecule has 0 bridgehead atoms. The first-order valence-electron chi connectivity index (χ1n) is 8.17. The van der Waals surface area contributed by atoms with Gasteiger partial charge in [-0.05, 0) is 14.0 Å². The summed E-state index contributed by atoms with van der Waals surface area (Å²) in [6.45, 7) is 4.76. The minimum atomic E-state index is -0.161. The maximum absolute atomic E-state index is 11.6. The lowest BCUT2D eigenvalue weighted by Gasteiger charge is -2.23. The predicted molar refractivity (Wildman–Crippen MR) is 89.0 cm³/mol. The maximum atomic E-state index is 11.6. The molecule has 0 spiro atoms. The maximum Gasteiger partial charge on any atom is 0.307 e. The van der Waals surface area contributed by atoms with Crippen LogP contribution in [0.15, 0.2) is 30.3 Å². The first-order chi connectivity index (χ1) is 11.2. The van der Waals surface area contributed by atoms with E-state index in [9.17, 15) is 4.79 Å². The Kier molecular flexibility index (Phi) is 4.76. The highest BCUT2D eigenvalue weighted by Crippen LogP contribution is 2.29. The molecule has 1 aromatic heterocycles. The summed E-state index contributed by atoms with van der Waals surface area (Å²) >= 11 is 0. The third kappa shape index (κ3) is 3.45. The van der Waals surface area contributed by atoms with Gasteiger partial charge < -0.3 is 9.64 Å². The summed E-state index contributed by atoms with van der Waals surface area (Å²) in [5.74, 6) is -0.161. The molecule has 0 fully saturated rings. The number of esters is 1. The van der Waals surface area contributed by atoms with Gasteiger partial charge in [0, 0.05) is 36.3 Å². The molecule has 2 heterocycles. The first-order valence-corrected chi connectivity index (χ1v) is 8.17. The van der Waals surface area contributed by atoms with Crippen molar-refractivity contribution in [3.8, 4) is 11.3 Å². The molecular formula is C18H23N3O2. The van der Waals surface area contributed by atoms with Crippen LogP contribution in [0.2, 0.25) is 0 Å². The van der Waals surface area contributed by atoms with E-state index in [1.54, 1.807) is 0 Å². The van der Waals surface area contributed by atoms with Crippen LogP contribution in [0, 0.1) is 0 Å². The molecule has 1 aromatic carbocycles. The van der Waals surface area contributed by atoms with Crippen molar-refractivity contribution in [3.63, 3.8) is 0 Å². The Hall–Kier alpha value is -2.14. The van der Waals surface area contributed by atoms with Gasteiger partial charge in [-0.2, -0.15) is 5.10 Å². The summed E-state index contributed by atoms with van der Waals surface area (Å²) in [6, 6.07) is 10.3. The van der Waals surface area contributed by atoms with E-state index in [0.29, 0.717) is 19.6 Å². The van der Waals surface area contributed by atoms with Crippen LogP contribution in [0.4, 0.5) is 0 Å². The van der Waals surface area contributed by atoms with Gasteiger partial charge >= 0.3 is 5.97 Å². The summed E-state index contributed by atoms with van der Waals surface area (Å²) < 4.78 is 7.03. The average molecular weight is 313 g/mol. The molecule has 0 saturated carbocycles. The molecule has 0 unspecified atom stereocenters. The summed E-state index contributed by atoms with van der Waals surface area (Å²) in [4.78, 5) is 14.0. The van der Waals surface area contributed by atoms with Gasteiger partial charge in [-0.1, -0.05) is 30.3 Å². The van der Waals surface area contributed by atoms with Gasteiger partial charge in [-0.15, -0.1) is 0 Å². The highest BCUT2D eigenvalue weighted by Gasteiger charge is 2.24. The van der Waals surface area contributed by atoms with Gasteiger partial charge in [0.15, 0.2) is 0 Å². The zero-order valence-electron chi connectivity index (χ0n) is 13.8. The van der Waals surface area contributed by atoms with E-state index in [1.807, 2.05) is 29.8 Å². The number of likely N-dealkylation sites (N-methyl/N-ethyl adjacent to an activating group) is 1. The third-order valence-electron chi connectivity index (χ3n) is 4.21. The van der Waals surface area contributed by atoms with Gasteiger partial charge in [0.25, 0.3) is 0 Å². The number of nitrogens with zero attached hydrogens (tertiary/aromatic N) is 3. The Morgan fingerprint density at radius 2 is 2.09 bits per heavy atom. The number of fused-ring (bicyclic) bond motifs is 1. The third-order valence-corrected chi connectivity index (χ3v) is 4.21. The quantitative estimate of drug-likeness (QED) is 0.796. The van der Waals surface area contributed by atoms with Gasteiger partial charge in [-0.3, -0.25) is 9.48 Å². The van der Waals surface area contributed by atoms with Crippen molar-refractivity contribution >= 4 is 5.97 Å². The average Bonchev–Trinajstić information content (AvgIpc) is 2.92. The molecule has 0 atom stereocenters. The fraction of sp³-hybridized carbons (Fsp3) is 0.444. The fourth-order valence-electron chi connectivity index (χ4n) is 3.07. The summed E-state index contributed by atoms with van der Waals surface area (Å²) in [5, 5.41) is 4.81. The molecule has 0 aliphatic carbocycles.